The molecule has 2 unspecified atom stereocenters. The molecule has 2 fully saturated rings. The number of fused-ring (bicyclic) bond motifs is 2. The Bertz CT molecular complexity index is 1380. The molecule has 1 saturated heterocycles. The van der Waals surface area contributed by atoms with Crippen LogP contribution in [0.5, 0.6) is 0 Å². The molecule has 1 aliphatic carbocycles. The largest absolute Gasteiger partial charge is 0.476 e. The van der Waals surface area contributed by atoms with Crippen molar-refractivity contribution in [1.82, 2.24) is 15.0 Å². The van der Waals surface area contributed by atoms with Gasteiger partial charge in [0.1, 0.15) is 11.2 Å². The van der Waals surface area contributed by atoms with Gasteiger partial charge in [0.15, 0.2) is 17.2 Å². The van der Waals surface area contributed by atoms with E-state index in [2.05, 4.69) is 15.3 Å². The van der Waals surface area contributed by atoms with Crippen LogP contribution in [0.1, 0.15) is 40.3 Å². The summed E-state index contributed by atoms with van der Waals surface area (Å²) in [5, 5.41) is 22.4. The van der Waals surface area contributed by atoms with Gasteiger partial charge in [-0.15, -0.1) is 0 Å². The van der Waals surface area contributed by atoms with Crippen LogP contribution in [0.3, 0.4) is 0 Å². The Balaban J connectivity index is 1.55. The minimum Gasteiger partial charge on any atom is -0.476 e. The summed E-state index contributed by atoms with van der Waals surface area (Å²) in [6, 6.07) is 8.34. The monoisotopic (exact) mass is 484 g/mol. The highest BCUT2D eigenvalue weighted by Gasteiger charge is 2.72. The summed E-state index contributed by atoms with van der Waals surface area (Å²) in [7, 11) is 0. The van der Waals surface area contributed by atoms with Crippen molar-refractivity contribution in [3.63, 3.8) is 0 Å². The predicted molar refractivity (Wildman–Crippen MR) is 121 cm³/mol. The number of carbonyl (C=O) groups is 1. The van der Waals surface area contributed by atoms with E-state index in [1.165, 1.54) is 12.1 Å². The van der Waals surface area contributed by atoms with Crippen molar-refractivity contribution in [3.8, 4) is 6.07 Å². The lowest BCUT2D eigenvalue weighted by Crippen LogP contribution is -2.29. The van der Waals surface area contributed by atoms with E-state index in [1.807, 2.05) is 26.0 Å². The third-order valence-corrected chi connectivity index (χ3v) is 6.64. The van der Waals surface area contributed by atoms with Gasteiger partial charge in [-0.25, -0.2) is 28.5 Å². The Morgan fingerprint density at radius 1 is 1.29 bits per heavy atom. The summed E-state index contributed by atoms with van der Waals surface area (Å²) in [6.07, 6.45) is 0. The van der Waals surface area contributed by atoms with E-state index in [0.29, 0.717) is 16.6 Å². The van der Waals surface area contributed by atoms with Gasteiger partial charge in [-0.2, -0.15) is 5.26 Å². The Morgan fingerprint density at radius 3 is 2.65 bits per heavy atom. The van der Waals surface area contributed by atoms with Crippen molar-refractivity contribution in [2.75, 3.05) is 23.3 Å². The highest BCUT2D eigenvalue weighted by atomic mass is 35.5. The first-order chi connectivity index (χ1) is 16.1. The third kappa shape index (κ3) is 3.56. The van der Waals surface area contributed by atoms with E-state index in [4.69, 9.17) is 16.6 Å². The zero-order chi connectivity index (χ0) is 24.4. The van der Waals surface area contributed by atoms with Gasteiger partial charge in [0.05, 0.1) is 34.6 Å². The number of nitrogens with zero attached hydrogens (tertiary/aromatic N) is 5. The lowest BCUT2D eigenvalue weighted by molar-refractivity contribution is 0.0691. The Labute approximate surface area is 198 Å². The molecule has 1 aliphatic heterocycles. The number of aryl methyl sites for hydroxylation is 1. The number of rotatable bonds is 5. The van der Waals surface area contributed by atoms with E-state index in [-0.39, 0.29) is 41.1 Å². The first kappa shape index (κ1) is 22.2. The number of aromatic carboxylic acids is 1. The molecule has 1 aromatic carbocycles. The summed E-state index contributed by atoms with van der Waals surface area (Å²) in [5.41, 5.74) is 2.74. The zero-order valence-electron chi connectivity index (χ0n) is 18.2. The second-order valence-electron chi connectivity index (χ2n) is 8.72. The molecule has 3 atom stereocenters. The molecule has 34 heavy (non-hydrogen) atoms. The SMILES string of the molecule is Cc1cc([C@@H](C)Nc2ccc(Cl)nc2C(=O)O)c2nc(N3CC4C(C3)C4(F)F)c(C#N)nc2c1. The highest BCUT2D eigenvalue weighted by Crippen LogP contribution is 2.59. The van der Waals surface area contributed by atoms with E-state index in [0.717, 1.165) is 5.56 Å². The van der Waals surface area contributed by atoms with Crippen LogP contribution < -0.4 is 10.2 Å². The van der Waals surface area contributed by atoms with Crippen molar-refractivity contribution in [3.05, 3.63) is 51.9 Å². The molecule has 0 spiro atoms. The van der Waals surface area contributed by atoms with Gasteiger partial charge in [0.2, 0.25) is 0 Å². The number of benzene rings is 1. The van der Waals surface area contributed by atoms with Gasteiger partial charge in [0, 0.05) is 18.7 Å². The molecule has 1 saturated carbocycles. The fourth-order valence-electron chi connectivity index (χ4n) is 4.66. The normalized spacial score (nSPS) is 21.1. The molecule has 0 radical (unpaired) electrons. The van der Waals surface area contributed by atoms with Crippen LogP contribution in [-0.2, 0) is 0 Å². The summed E-state index contributed by atoms with van der Waals surface area (Å²) < 4.78 is 27.4. The Hall–Kier alpha value is -3.58. The van der Waals surface area contributed by atoms with E-state index in [9.17, 15) is 23.9 Å². The number of nitriles is 1. The molecular weight excluding hydrogens is 466 g/mol. The summed E-state index contributed by atoms with van der Waals surface area (Å²) in [5.74, 6) is -5.03. The predicted octanol–water partition coefficient (Wildman–Crippen LogP) is 4.43. The van der Waals surface area contributed by atoms with E-state index < -0.39 is 29.8 Å². The van der Waals surface area contributed by atoms with Crippen molar-refractivity contribution in [2.45, 2.75) is 25.8 Å². The number of nitrogens with one attached hydrogen (secondary N) is 1. The quantitative estimate of drug-likeness (QED) is 0.511. The maximum atomic E-state index is 13.7. The van der Waals surface area contributed by atoms with Crippen LogP contribution in [0, 0.1) is 30.1 Å². The zero-order valence-corrected chi connectivity index (χ0v) is 18.9. The van der Waals surface area contributed by atoms with Gasteiger partial charge in [-0.3, -0.25) is 0 Å². The second kappa shape index (κ2) is 7.74. The molecule has 2 aromatic heterocycles. The lowest BCUT2D eigenvalue weighted by atomic mass is 10.0. The molecule has 174 valence electrons. The molecule has 8 nitrogen and oxygen atoms in total. The number of hydrogen-bond acceptors (Lipinski definition) is 7. The van der Waals surface area contributed by atoms with Gasteiger partial charge >= 0.3 is 5.97 Å². The van der Waals surface area contributed by atoms with Crippen molar-refractivity contribution < 1.29 is 18.7 Å². The smallest absolute Gasteiger partial charge is 0.356 e. The minimum atomic E-state index is -2.65. The fourth-order valence-corrected chi connectivity index (χ4v) is 4.80. The summed E-state index contributed by atoms with van der Waals surface area (Å²) in [4.78, 5) is 26.4. The van der Waals surface area contributed by atoms with Gasteiger partial charge in [-0.1, -0.05) is 17.7 Å². The van der Waals surface area contributed by atoms with Gasteiger partial charge in [0.25, 0.3) is 5.92 Å². The minimum absolute atomic E-state index is 0.0605. The van der Waals surface area contributed by atoms with Crippen molar-refractivity contribution in [2.24, 2.45) is 11.8 Å². The van der Waals surface area contributed by atoms with Crippen LogP contribution in [0.2, 0.25) is 5.15 Å². The molecule has 5 rings (SSSR count). The maximum Gasteiger partial charge on any atom is 0.356 e. The number of halogens is 3. The van der Waals surface area contributed by atoms with Crippen LogP contribution in [0.25, 0.3) is 11.0 Å². The topological polar surface area (TPSA) is 115 Å². The van der Waals surface area contributed by atoms with Crippen LogP contribution >= 0.6 is 11.6 Å². The highest BCUT2D eigenvalue weighted by molar-refractivity contribution is 6.29. The first-order valence-electron chi connectivity index (χ1n) is 10.6. The van der Waals surface area contributed by atoms with Crippen molar-refractivity contribution >= 4 is 40.1 Å². The first-order valence-corrected chi connectivity index (χ1v) is 11.0. The molecule has 2 aliphatic rings. The Kier molecular flexibility index (Phi) is 5.06. The number of aromatic nitrogens is 3. The van der Waals surface area contributed by atoms with Crippen LogP contribution in [0.15, 0.2) is 24.3 Å². The number of alkyl halides is 2. The van der Waals surface area contributed by atoms with Crippen molar-refractivity contribution in [1.29, 1.82) is 5.26 Å². The molecule has 0 amide bonds. The van der Waals surface area contributed by atoms with Gasteiger partial charge < -0.3 is 15.3 Å². The molecule has 2 N–H and O–H groups in total. The fraction of sp³-hybridized carbons (Fsp3) is 0.348. The average molecular weight is 485 g/mol. The number of pyridine rings is 1. The number of anilines is 2. The van der Waals surface area contributed by atoms with Gasteiger partial charge in [-0.05, 0) is 37.6 Å². The molecule has 3 aromatic rings. The number of carboxylic acid groups (broad SMARTS) is 1. The standard InChI is InChI=1S/C23H19ClF2N6O2/c1-10-5-12(11(2)28-15-3-4-18(24)30-20(15)22(33)34)19-16(6-10)29-17(7-27)21(31-19)32-8-13-14(9-32)23(13,25)26/h3-6,11,13-14,28H,8-9H2,1-2H3,(H,33,34)/t11-,13?,14?/m1/s1. The molecule has 3 heterocycles. The molecule has 0 bridgehead atoms. The summed E-state index contributed by atoms with van der Waals surface area (Å²) >= 11 is 5.85. The Morgan fingerprint density at radius 2 is 2.00 bits per heavy atom. The van der Waals surface area contributed by atoms with Crippen LogP contribution in [0.4, 0.5) is 20.3 Å². The molecule has 11 heteroatoms. The molecular formula is C23H19ClF2N6O2. The third-order valence-electron chi connectivity index (χ3n) is 6.43. The second-order valence-corrected chi connectivity index (χ2v) is 9.11. The number of hydrogen-bond donors (Lipinski definition) is 2. The average Bonchev–Trinajstić information content (AvgIpc) is 3.12. The number of carboxylic acids is 1. The van der Waals surface area contributed by atoms with Crippen LogP contribution in [-0.4, -0.2) is 45.0 Å². The lowest BCUT2D eigenvalue weighted by Gasteiger charge is -2.23. The number of piperidine rings is 1. The van der Waals surface area contributed by atoms with E-state index >= 15 is 0 Å². The summed E-state index contributed by atoms with van der Waals surface area (Å²) in [6.45, 7) is 3.96. The maximum absolute atomic E-state index is 13.7. The van der Waals surface area contributed by atoms with E-state index in [1.54, 1.807) is 11.0 Å².